The summed E-state index contributed by atoms with van der Waals surface area (Å²) in [4.78, 5) is 2.30. The van der Waals surface area contributed by atoms with Crippen LogP contribution in [0.2, 0.25) is 0 Å². The third-order valence-corrected chi connectivity index (χ3v) is 3.44. The van der Waals surface area contributed by atoms with Gasteiger partial charge in [0.15, 0.2) is 0 Å². The molecule has 1 heterocycles. The van der Waals surface area contributed by atoms with Gasteiger partial charge in [-0.15, -0.1) is 0 Å². The first kappa shape index (κ1) is 12.8. The van der Waals surface area contributed by atoms with E-state index in [0.717, 1.165) is 38.0 Å². The van der Waals surface area contributed by atoms with Crippen molar-refractivity contribution < 1.29 is 9.60 Å². The maximum absolute atomic E-state index is 12.8. The molecule has 5 heteroatoms. The van der Waals surface area contributed by atoms with Crippen molar-refractivity contribution >= 4 is 5.84 Å². The molecule has 0 amide bonds. The minimum atomic E-state index is -0.204. The average molecular weight is 251 g/mol. The highest BCUT2D eigenvalue weighted by Gasteiger charge is 2.22. The van der Waals surface area contributed by atoms with Crippen LogP contribution in [0.5, 0.6) is 0 Å². The lowest BCUT2D eigenvalue weighted by atomic mass is 9.95. The second kappa shape index (κ2) is 5.82. The van der Waals surface area contributed by atoms with Gasteiger partial charge < -0.3 is 10.9 Å². The molecule has 0 unspecified atom stereocenters. The zero-order valence-electron chi connectivity index (χ0n) is 10.2. The Morgan fingerprint density at radius 2 is 1.94 bits per heavy atom. The summed E-state index contributed by atoms with van der Waals surface area (Å²) in [6.07, 6.45) is 1.80. The molecule has 0 saturated carbocycles. The Bertz CT molecular complexity index is 411. The number of likely N-dealkylation sites (tertiary alicyclic amines) is 1. The average Bonchev–Trinajstić information content (AvgIpc) is 2.41. The first-order valence-corrected chi connectivity index (χ1v) is 6.13. The molecule has 1 aliphatic rings. The summed E-state index contributed by atoms with van der Waals surface area (Å²) in [5.41, 5.74) is 6.71. The topological polar surface area (TPSA) is 61.9 Å². The molecule has 98 valence electrons. The van der Waals surface area contributed by atoms with Crippen LogP contribution in [0, 0.1) is 11.7 Å². The van der Waals surface area contributed by atoms with E-state index in [2.05, 4.69) is 10.1 Å². The van der Waals surface area contributed by atoms with Gasteiger partial charge in [-0.1, -0.05) is 17.3 Å². The summed E-state index contributed by atoms with van der Waals surface area (Å²) in [7, 11) is 0. The molecule has 0 aliphatic carbocycles. The van der Waals surface area contributed by atoms with Crippen LogP contribution in [0.3, 0.4) is 0 Å². The van der Waals surface area contributed by atoms with E-state index in [9.17, 15) is 4.39 Å². The molecule has 4 nitrogen and oxygen atoms in total. The van der Waals surface area contributed by atoms with Crippen molar-refractivity contribution in [2.24, 2.45) is 16.8 Å². The summed E-state index contributed by atoms with van der Waals surface area (Å²) >= 11 is 0. The number of hydrogen-bond acceptors (Lipinski definition) is 3. The first-order valence-electron chi connectivity index (χ1n) is 6.13. The van der Waals surface area contributed by atoms with Crippen LogP contribution in [0.1, 0.15) is 18.4 Å². The molecule has 0 atom stereocenters. The standard InChI is InChI=1S/C13H18FN3O/c14-12-3-1-10(2-4-12)9-17-7-5-11(6-8-17)13(15)16-18/h1-4,11,18H,5-9H2,(H2,15,16). The predicted octanol–water partition coefficient (Wildman–Crippen LogP) is 1.78. The molecule has 1 fully saturated rings. The van der Waals surface area contributed by atoms with Crippen molar-refractivity contribution in [3.05, 3.63) is 35.6 Å². The van der Waals surface area contributed by atoms with E-state index in [0.29, 0.717) is 5.84 Å². The number of nitrogens with two attached hydrogens (primary N) is 1. The van der Waals surface area contributed by atoms with Crippen LogP contribution in [0.15, 0.2) is 29.4 Å². The summed E-state index contributed by atoms with van der Waals surface area (Å²) in [6.45, 7) is 2.65. The zero-order valence-corrected chi connectivity index (χ0v) is 10.2. The lowest BCUT2D eigenvalue weighted by Crippen LogP contribution is -2.38. The monoisotopic (exact) mass is 251 g/mol. The van der Waals surface area contributed by atoms with E-state index in [1.165, 1.54) is 12.1 Å². The highest BCUT2D eigenvalue weighted by molar-refractivity contribution is 5.82. The number of benzene rings is 1. The molecule has 0 bridgehead atoms. The van der Waals surface area contributed by atoms with Gasteiger partial charge >= 0.3 is 0 Å². The van der Waals surface area contributed by atoms with E-state index in [1.54, 1.807) is 0 Å². The number of amidine groups is 1. The molecule has 18 heavy (non-hydrogen) atoms. The number of halogens is 1. The molecule has 3 N–H and O–H groups in total. The zero-order chi connectivity index (χ0) is 13.0. The third-order valence-electron chi connectivity index (χ3n) is 3.44. The van der Waals surface area contributed by atoms with Crippen LogP contribution >= 0.6 is 0 Å². The first-order chi connectivity index (χ1) is 8.69. The summed E-state index contributed by atoms with van der Waals surface area (Å²) in [5.74, 6) is 0.306. The summed E-state index contributed by atoms with van der Waals surface area (Å²) < 4.78 is 12.8. The maximum Gasteiger partial charge on any atom is 0.142 e. The fraction of sp³-hybridized carbons (Fsp3) is 0.462. The van der Waals surface area contributed by atoms with Gasteiger partial charge in [0.1, 0.15) is 11.7 Å². The molecule has 0 radical (unpaired) electrons. The number of hydrogen-bond donors (Lipinski definition) is 2. The van der Waals surface area contributed by atoms with Gasteiger partial charge in [-0.2, -0.15) is 0 Å². The van der Waals surface area contributed by atoms with E-state index in [-0.39, 0.29) is 11.7 Å². The predicted molar refractivity (Wildman–Crippen MR) is 67.8 cm³/mol. The number of oxime groups is 1. The molecule has 0 spiro atoms. The highest BCUT2D eigenvalue weighted by Crippen LogP contribution is 2.19. The van der Waals surface area contributed by atoms with Crippen molar-refractivity contribution in [3.8, 4) is 0 Å². The lowest BCUT2D eigenvalue weighted by Gasteiger charge is -2.31. The van der Waals surface area contributed by atoms with Crippen LogP contribution in [0.4, 0.5) is 4.39 Å². The van der Waals surface area contributed by atoms with Crippen molar-refractivity contribution in [2.75, 3.05) is 13.1 Å². The molecule has 1 aromatic rings. The van der Waals surface area contributed by atoms with E-state index < -0.39 is 0 Å². The molecule has 0 aromatic heterocycles. The van der Waals surface area contributed by atoms with E-state index in [1.807, 2.05) is 12.1 Å². The minimum absolute atomic E-state index is 0.180. The Kier molecular flexibility index (Phi) is 4.15. The summed E-state index contributed by atoms with van der Waals surface area (Å²) in [6, 6.07) is 6.59. The number of nitrogens with zero attached hydrogens (tertiary/aromatic N) is 2. The normalized spacial score (nSPS) is 19.1. The van der Waals surface area contributed by atoms with E-state index >= 15 is 0 Å². The minimum Gasteiger partial charge on any atom is -0.409 e. The lowest BCUT2D eigenvalue weighted by molar-refractivity contribution is 0.198. The summed E-state index contributed by atoms with van der Waals surface area (Å²) in [5, 5.41) is 11.7. The van der Waals surface area contributed by atoms with Gasteiger partial charge in [0, 0.05) is 12.5 Å². The molecule has 2 rings (SSSR count). The largest absolute Gasteiger partial charge is 0.409 e. The van der Waals surface area contributed by atoms with Gasteiger partial charge in [0.05, 0.1) is 0 Å². The quantitative estimate of drug-likeness (QED) is 0.372. The van der Waals surface area contributed by atoms with Crippen LogP contribution < -0.4 is 5.73 Å². The van der Waals surface area contributed by atoms with Crippen molar-refractivity contribution in [3.63, 3.8) is 0 Å². The van der Waals surface area contributed by atoms with E-state index in [4.69, 9.17) is 10.9 Å². The SMILES string of the molecule is NC(=NO)C1CCN(Cc2ccc(F)cc2)CC1. The number of piperidine rings is 1. The Morgan fingerprint density at radius 3 is 2.50 bits per heavy atom. The number of rotatable bonds is 3. The Morgan fingerprint density at radius 1 is 1.33 bits per heavy atom. The Hall–Kier alpha value is -1.62. The molecule has 1 saturated heterocycles. The molecule has 1 aromatic carbocycles. The fourth-order valence-corrected chi connectivity index (χ4v) is 2.32. The molecular weight excluding hydrogens is 233 g/mol. The fourth-order valence-electron chi connectivity index (χ4n) is 2.32. The van der Waals surface area contributed by atoms with Crippen molar-refractivity contribution in [1.29, 1.82) is 0 Å². The van der Waals surface area contributed by atoms with Crippen LogP contribution in [-0.4, -0.2) is 29.0 Å². The third kappa shape index (κ3) is 3.20. The highest BCUT2D eigenvalue weighted by atomic mass is 19.1. The van der Waals surface area contributed by atoms with Gasteiger partial charge in [-0.3, -0.25) is 4.90 Å². The maximum atomic E-state index is 12.8. The van der Waals surface area contributed by atoms with Gasteiger partial charge in [-0.05, 0) is 43.6 Å². The van der Waals surface area contributed by atoms with Gasteiger partial charge in [0.25, 0.3) is 0 Å². The smallest absolute Gasteiger partial charge is 0.142 e. The second-order valence-electron chi connectivity index (χ2n) is 4.70. The van der Waals surface area contributed by atoms with Gasteiger partial charge in [-0.25, -0.2) is 4.39 Å². The second-order valence-corrected chi connectivity index (χ2v) is 4.70. The van der Waals surface area contributed by atoms with Gasteiger partial charge in [0.2, 0.25) is 0 Å². The van der Waals surface area contributed by atoms with Crippen molar-refractivity contribution in [1.82, 2.24) is 4.90 Å². The Balaban J connectivity index is 1.85. The van der Waals surface area contributed by atoms with Crippen molar-refractivity contribution in [2.45, 2.75) is 19.4 Å². The molecular formula is C13H18FN3O. The van der Waals surface area contributed by atoms with Crippen LogP contribution in [0.25, 0.3) is 0 Å². The molecule has 1 aliphatic heterocycles. The Labute approximate surface area is 106 Å². The van der Waals surface area contributed by atoms with Crippen LogP contribution in [-0.2, 0) is 6.54 Å².